The van der Waals surface area contributed by atoms with Crippen molar-refractivity contribution in [3.8, 4) is 0 Å². The maximum Gasteiger partial charge on any atom is 0.146 e. The number of β-amino-alcohol motifs (C(OH)–C–C–N with tert-alkyl or cyclic N) is 1. The highest BCUT2D eigenvalue weighted by Gasteiger charge is 2.17. The molecule has 1 saturated heterocycles. The van der Waals surface area contributed by atoms with Gasteiger partial charge in [-0.05, 0) is 19.9 Å². The number of ketones is 1. The first-order valence-electron chi connectivity index (χ1n) is 4.10. The van der Waals surface area contributed by atoms with E-state index >= 15 is 0 Å². The van der Waals surface area contributed by atoms with Gasteiger partial charge in [-0.15, -0.1) is 0 Å². The van der Waals surface area contributed by atoms with Crippen LogP contribution < -0.4 is 0 Å². The molecule has 1 atom stereocenters. The van der Waals surface area contributed by atoms with Gasteiger partial charge >= 0.3 is 0 Å². The number of Topliss-reactive ketones (excluding diaryl/α,β-unsaturated/α-hetero) is 1. The first-order valence-corrected chi connectivity index (χ1v) is 4.10. The Morgan fingerprint density at radius 1 is 1.73 bits per heavy atom. The summed E-state index contributed by atoms with van der Waals surface area (Å²) < 4.78 is 0. The van der Waals surface area contributed by atoms with Crippen molar-refractivity contribution >= 4 is 5.78 Å². The Balaban J connectivity index is 2.28. The summed E-state index contributed by atoms with van der Waals surface area (Å²) in [5.41, 5.74) is 0. The number of carbonyl (C=O) groups excluding carboxylic acids is 1. The van der Waals surface area contributed by atoms with Crippen molar-refractivity contribution in [1.29, 1.82) is 0 Å². The Bertz CT molecular complexity index is 145. The summed E-state index contributed by atoms with van der Waals surface area (Å²) in [5.74, 6) is 0.303. The normalized spacial score (nSPS) is 23.6. The molecule has 0 aromatic rings. The Kier molecular flexibility index (Phi) is 3.02. The van der Waals surface area contributed by atoms with Crippen molar-refractivity contribution in [2.24, 2.45) is 0 Å². The zero-order chi connectivity index (χ0) is 8.27. The Hall–Kier alpha value is -0.410. The molecule has 0 amide bonds. The largest absolute Gasteiger partial charge is 0.392 e. The standard InChI is InChI=1S/C8H15NO2/c1-7(10)5-9-4-2-3-8(11)6-9/h7,10H,2-6H2,1H3. The molecule has 0 radical (unpaired) electrons. The number of likely N-dealkylation sites (tertiary alicyclic amines) is 1. The molecule has 11 heavy (non-hydrogen) atoms. The maximum absolute atomic E-state index is 10.9. The van der Waals surface area contributed by atoms with Crippen LogP contribution in [0.2, 0.25) is 0 Å². The summed E-state index contributed by atoms with van der Waals surface area (Å²) in [5, 5.41) is 9.04. The first-order chi connectivity index (χ1) is 5.18. The van der Waals surface area contributed by atoms with Crippen LogP contribution in [0.15, 0.2) is 0 Å². The van der Waals surface area contributed by atoms with Crippen LogP contribution in [0.1, 0.15) is 19.8 Å². The predicted octanol–water partition coefficient (Wildman–Crippen LogP) is 0.0321. The zero-order valence-electron chi connectivity index (χ0n) is 6.92. The van der Waals surface area contributed by atoms with Crippen LogP contribution in [0.3, 0.4) is 0 Å². The molecule has 0 bridgehead atoms. The van der Waals surface area contributed by atoms with Crippen LogP contribution >= 0.6 is 0 Å². The Labute approximate surface area is 67.0 Å². The number of carbonyl (C=O) groups is 1. The second-order valence-corrected chi connectivity index (χ2v) is 3.23. The van der Waals surface area contributed by atoms with Gasteiger partial charge in [-0.25, -0.2) is 0 Å². The number of hydrogen-bond acceptors (Lipinski definition) is 3. The molecule has 0 aliphatic carbocycles. The third kappa shape index (κ3) is 2.99. The summed E-state index contributed by atoms with van der Waals surface area (Å²) in [6, 6.07) is 0. The molecule has 3 nitrogen and oxygen atoms in total. The molecular formula is C8H15NO2. The lowest BCUT2D eigenvalue weighted by molar-refractivity contribution is -0.122. The molecular weight excluding hydrogens is 142 g/mol. The number of hydrogen-bond donors (Lipinski definition) is 1. The minimum atomic E-state index is -0.319. The van der Waals surface area contributed by atoms with Crippen molar-refractivity contribution in [1.82, 2.24) is 4.90 Å². The summed E-state index contributed by atoms with van der Waals surface area (Å²) in [4.78, 5) is 12.9. The van der Waals surface area contributed by atoms with E-state index in [9.17, 15) is 4.79 Å². The summed E-state index contributed by atoms with van der Waals surface area (Å²) >= 11 is 0. The third-order valence-electron chi connectivity index (χ3n) is 1.85. The van der Waals surface area contributed by atoms with E-state index in [1.54, 1.807) is 6.92 Å². The summed E-state index contributed by atoms with van der Waals surface area (Å²) in [6.45, 7) is 3.87. The summed E-state index contributed by atoms with van der Waals surface area (Å²) in [6.07, 6.45) is 1.35. The van der Waals surface area contributed by atoms with E-state index < -0.39 is 0 Å². The highest BCUT2D eigenvalue weighted by atomic mass is 16.3. The molecule has 1 heterocycles. The van der Waals surface area contributed by atoms with Gasteiger partial charge in [-0.2, -0.15) is 0 Å². The lowest BCUT2D eigenvalue weighted by Crippen LogP contribution is -2.39. The number of piperidine rings is 1. The molecule has 1 aliphatic rings. The van der Waals surface area contributed by atoms with Gasteiger partial charge in [-0.3, -0.25) is 9.69 Å². The van der Waals surface area contributed by atoms with E-state index in [2.05, 4.69) is 0 Å². The molecule has 0 saturated carbocycles. The minimum Gasteiger partial charge on any atom is -0.392 e. The predicted molar refractivity (Wildman–Crippen MR) is 42.4 cm³/mol. The number of aliphatic hydroxyl groups excluding tert-OH is 1. The minimum absolute atomic E-state index is 0.303. The quantitative estimate of drug-likeness (QED) is 0.615. The lowest BCUT2D eigenvalue weighted by atomic mass is 10.1. The van der Waals surface area contributed by atoms with Crippen LogP contribution in [0.5, 0.6) is 0 Å². The van der Waals surface area contributed by atoms with Crippen LogP contribution in [0.4, 0.5) is 0 Å². The van der Waals surface area contributed by atoms with Gasteiger partial charge in [0.2, 0.25) is 0 Å². The van der Waals surface area contributed by atoms with E-state index in [1.807, 2.05) is 4.90 Å². The van der Waals surface area contributed by atoms with E-state index in [0.717, 1.165) is 19.4 Å². The lowest BCUT2D eigenvalue weighted by Gasteiger charge is -2.26. The van der Waals surface area contributed by atoms with Crippen molar-refractivity contribution in [3.05, 3.63) is 0 Å². The molecule has 1 aliphatic heterocycles. The highest BCUT2D eigenvalue weighted by molar-refractivity contribution is 5.81. The van der Waals surface area contributed by atoms with Gasteiger partial charge in [-0.1, -0.05) is 0 Å². The fourth-order valence-corrected chi connectivity index (χ4v) is 1.44. The van der Waals surface area contributed by atoms with Gasteiger partial charge in [0.25, 0.3) is 0 Å². The van der Waals surface area contributed by atoms with Gasteiger partial charge < -0.3 is 5.11 Å². The fourth-order valence-electron chi connectivity index (χ4n) is 1.44. The van der Waals surface area contributed by atoms with E-state index in [0.29, 0.717) is 18.9 Å². The van der Waals surface area contributed by atoms with Crippen molar-refractivity contribution < 1.29 is 9.90 Å². The molecule has 1 fully saturated rings. The molecule has 1 N–H and O–H groups in total. The van der Waals surface area contributed by atoms with Crippen LogP contribution in [0.25, 0.3) is 0 Å². The van der Waals surface area contributed by atoms with Crippen molar-refractivity contribution in [2.75, 3.05) is 19.6 Å². The van der Waals surface area contributed by atoms with Crippen molar-refractivity contribution in [2.45, 2.75) is 25.9 Å². The van der Waals surface area contributed by atoms with Crippen LogP contribution in [0, 0.1) is 0 Å². The maximum atomic E-state index is 10.9. The van der Waals surface area contributed by atoms with E-state index in [-0.39, 0.29) is 6.10 Å². The molecule has 0 aromatic carbocycles. The average Bonchev–Trinajstić information content (AvgIpc) is 1.85. The Morgan fingerprint density at radius 3 is 3.00 bits per heavy atom. The SMILES string of the molecule is CC(O)CN1CCCC(=O)C1. The first kappa shape index (κ1) is 8.68. The summed E-state index contributed by atoms with van der Waals surface area (Å²) in [7, 11) is 0. The molecule has 0 spiro atoms. The average molecular weight is 157 g/mol. The van der Waals surface area contributed by atoms with Crippen molar-refractivity contribution in [3.63, 3.8) is 0 Å². The molecule has 1 rings (SSSR count). The highest BCUT2D eigenvalue weighted by Crippen LogP contribution is 2.05. The van der Waals surface area contributed by atoms with Gasteiger partial charge in [0.1, 0.15) is 5.78 Å². The number of nitrogens with zero attached hydrogens (tertiary/aromatic N) is 1. The zero-order valence-corrected chi connectivity index (χ0v) is 6.92. The van der Waals surface area contributed by atoms with E-state index in [4.69, 9.17) is 5.11 Å². The van der Waals surface area contributed by atoms with Crippen LogP contribution in [-0.2, 0) is 4.79 Å². The molecule has 3 heteroatoms. The topological polar surface area (TPSA) is 40.5 Å². The smallest absolute Gasteiger partial charge is 0.146 e. The second kappa shape index (κ2) is 3.83. The van der Waals surface area contributed by atoms with E-state index in [1.165, 1.54) is 0 Å². The number of aliphatic hydroxyl groups is 1. The Morgan fingerprint density at radius 2 is 2.45 bits per heavy atom. The fraction of sp³-hybridized carbons (Fsp3) is 0.875. The van der Waals surface area contributed by atoms with Gasteiger partial charge in [0.05, 0.1) is 12.6 Å². The molecule has 1 unspecified atom stereocenters. The third-order valence-corrected chi connectivity index (χ3v) is 1.85. The monoisotopic (exact) mass is 157 g/mol. The van der Waals surface area contributed by atoms with Gasteiger partial charge in [0, 0.05) is 13.0 Å². The van der Waals surface area contributed by atoms with Crippen LogP contribution in [-0.4, -0.2) is 41.5 Å². The number of rotatable bonds is 2. The van der Waals surface area contributed by atoms with Gasteiger partial charge in [0.15, 0.2) is 0 Å². The molecule has 64 valence electrons. The molecule has 0 aromatic heterocycles. The second-order valence-electron chi connectivity index (χ2n) is 3.23.